The maximum absolute atomic E-state index is 13.2. The number of aryl methyl sites for hydroxylation is 1. The second-order valence-electron chi connectivity index (χ2n) is 8.96. The van der Waals surface area contributed by atoms with E-state index in [0.717, 1.165) is 24.8 Å². The smallest absolute Gasteiger partial charge is 0.274 e. The summed E-state index contributed by atoms with van der Waals surface area (Å²) in [7, 11) is 0. The first-order chi connectivity index (χ1) is 15.6. The van der Waals surface area contributed by atoms with E-state index in [-0.39, 0.29) is 35.7 Å². The van der Waals surface area contributed by atoms with Gasteiger partial charge in [-0.2, -0.15) is 5.10 Å². The van der Waals surface area contributed by atoms with Crippen LogP contribution < -0.4 is 10.7 Å². The number of amidine groups is 1. The lowest BCUT2D eigenvalue weighted by Crippen LogP contribution is -2.48. The summed E-state index contributed by atoms with van der Waals surface area (Å²) in [6.07, 6.45) is 7.44. The zero-order valence-electron chi connectivity index (χ0n) is 20.1. The van der Waals surface area contributed by atoms with Crippen LogP contribution in [-0.4, -0.2) is 63.7 Å². The maximum atomic E-state index is 13.2. The molecular weight excluding hydrogens is 438 g/mol. The average molecular weight is 474 g/mol. The topological polar surface area (TPSA) is 106 Å². The van der Waals surface area contributed by atoms with Crippen LogP contribution in [0.4, 0.5) is 0 Å². The highest BCUT2D eigenvalue weighted by Gasteiger charge is 2.28. The van der Waals surface area contributed by atoms with E-state index in [4.69, 9.17) is 0 Å². The van der Waals surface area contributed by atoms with Crippen LogP contribution in [0, 0.1) is 6.92 Å². The van der Waals surface area contributed by atoms with Gasteiger partial charge in [0, 0.05) is 23.8 Å². The number of nitrogens with one attached hydrogen (secondary N) is 2. The standard InChI is InChI=1S/C24H35N5O3S/c1-17-9-11-18(12-10-17)21(31)26-23(33-5)25-14-13-20(27-28-24(2,3)4)22(32)29-15-7-6-8-19(29)16-30/h9-14,19,28,30H,6-8,15-16H2,1-5H3,(H,25,26,31)/b14-13+,27-20+. The molecule has 9 heteroatoms. The maximum Gasteiger partial charge on any atom is 0.274 e. The molecule has 2 rings (SSSR count). The van der Waals surface area contributed by atoms with Crippen molar-refractivity contribution in [3.63, 3.8) is 0 Å². The van der Waals surface area contributed by atoms with E-state index in [1.54, 1.807) is 17.0 Å². The summed E-state index contributed by atoms with van der Waals surface area (Å²) in [6, 6.07) is 7.06. The molecule has 0 bridgehead atoms. The lowest BCUT2D eigenvalue weighted by molar-refractivity contribution is -0.128. The fraction of sp³-hybridized carbons (Fsp3) is 0.500. The minimum atomic E-state index is -0.326. The van der Waals surface area contributed by atoms with Gasteiger partial charge in [-0.1, -0.05) is 29.5 Å². The number of nitrogens with zero attached hydrogens (tertiary/aromatic N) is 3. The number of benzene rings is 1. The quantitative estimate of drug-likeness (QED) is 0.334. The van der Waals surface area contributed by atoms with Gasteiger partial charge >= 0.3 is 0 Å². The van der Waals surface area contributed by atoms with Gasteiger partial charge in [0.15, 0.2) is 5.17 Å². The van der Waals surface area contributed by atoms with Crippen molar-refractivity contribution in [2.45, 2.75) is 58.5 Å². The molecule has 1 aromatic carbocycles. The predicted molar refractivity (Wildman–Crippen MR) is 135 cm³/mol. The molecule has 33 heavy (non-hydrogen) atoms. The first kappa shape index (κ1) is 26.6. The van der Waals surface area contributed by atoms with Crippen molar-refractivity contribution in [1.29, 1.82) is 0 Å². The molecular formula is C24H35N5O3S. The van der Waals surface area contributed by atoms with Crippen LogP contribution >= 0.6 is 11.8 Å². The van der Waals surface area contributed by atoms with Gasteiger partial charge in [-0.05, 0) is 71.4 Å². The van der Waals surface area contributed by atoms with Gasteiger partial charge < -0.3 is 20.7 Å². The SMILES string of the molecule is CSC(=N/C=C/C(=N\NC(C)(C)C)C(=O)N1CCCCC1CO)NC(=O)c1ccc(C)cc1. The van der Waals surface area contributed by atoms with Crippen molar-refractivity contribution in [2.75, 3.05) is 19.4 Å². The van der Waals surface area contributed by atoms with E-state index in [9.17, 15) is 14.7 Å². The molecule has 8 nitrogen and oxygen atoms in total. The monoisotopic (exact) mass is 473 g/mol. The molecule has 1 heterocycles. The number of amides is 2. The first-order valence-electron chi connectivity index (χ1n) is 11.1. The predicted octanol–water partition coefficient (Wildman–Crippen LogP) is 3.08. The summed E-state index contributed by atoms with van der Waals surface area (Å²) in [5, 5.41) is 17.2. The molecule has 1 fully saturated rings. The third-order valence-corrected chi connectivity index (χ3v) is 5.58. The number of aliphatic hydroxyl groups is 1. The van der Waals surface area contributed by atoms with Crippen LogP contribution in [0.5, 0.6) is 0 Å². The van der Waals surface area contributed by atoms with Crippen LogP contribution in [0.2, 0.25) is 0 Å². The van der Waals surface area contributed by atoms with Gasteiger partial charge in [-0.15, -0.1) is 0 Å². The lowest BCUT2D eigenvalue weighted by atomic mass is 10.0. The van der Waals surface area contributed by atoms with Crippen molar-refractivity contribution in [2.24, 2.45) is 10.1 Å². The van der Waals surface area contributed by atoms with E-state index in [2.05, 4.69) is 20.8 Å². The van der Waals surface area contributed by atoms with E-state index in [1.165, 1.54) is 24.0 Å². The summed E-state index contributed by atoms with van der Waals surface area (Å²) in [4.78, 5) is 31.7. The number of thioether (sulfide) groups is 1. The molecule has 1 unspecified atom stereocenters. The van der Waals surface area contributed by atoms with Crippen molar-refractivity contribution in [1.82, 2.24) is 15.6 Å². The average Bonchev–Trinajstić information content (AvgIpc) is 2.79. The van der Waals surface area contributed by atoms with Gasteiger partial charge in [0.1, 0.15) is 5.71 Å². The number of aliphatic hydroxyl groups excluding tert-OH is 1. The summed E-state index contributed by atoms with van der Waals surface area (Å²) >= 11 is 1.29. The largest absolute Gasteiger partial charge is 0.394 e. The number of carbonyl (C=O) groups is 2. The number of rotatable bonds is 6. The van der Waals surface area contributed by atoms with Gasteiger partial charge in [0.05, 0.1) is 12.6 Å². The van der Waals surface area contributed by atoms with Crippen molar-refractivity contribution in [3.8, 4) is 0 Å². The molecule has 1 atom stereocenters. The summed E-state index contributed by atoms with van der Waals surface area (Å²) in [6.45, 7) is 8.31. The van der Waals surface area contributed by atoms with Crippen LogP contribution in [0.15, 0.2) is 46.6 Å². The third-order valence-electron chi connectivity index (χ3n) is 4.98. The Kier molecular flexibility index (Phi) is 10.1. The molecule has 2 amide bonds. The number of hydrogen-bond acceptors (Lipinski definition) is 7. The molecule has 1 aliphatic rings. The van der Waals surface area contributed by atoms with Crippen LogP contribution in [0.25, 0.3) is 0 Å². The molecule has 3 N–H and O–H groups in total. The van der Waals surface area contributed by atoms with Gasteiger partial charge in [-0.3, -0.25) is 9.59 Å². The summed E-state index contributed by atoms with van der Waals surface area (Å²) < 4.78 is 0. The molecule has 1 aliphatic heterocycles. The highest BCUT2D eigenvalue weighted by Crippen LogP contribution is 2.17. The van der Waals surface area contributed by atoms with E-state index in [0.29, 0.717) is 17.3 Å². The Morgan fingerprint density at radius 1 is 1.24 bits per heavy atom. The van der Waals surface area contributed by atoms with Crippen molar-refractivity contribution < 1.29 is 14.7 Å². The molecule has 1 saturated heterocycles. The summed E-state index contributed by atoms with van der Waals surface area (Å²) in [5.74, 6) is -0.513. The number of hydrazone groups is 1. The molecule has 1 aromatic rings. The minimum Gasteiger partial charge on any atom is -0.394 e. The Labute approximate surface area is 200 Å². The van der Waals surface area contributed by atoms with Crippen LogP contribution in [0.3, 0.4) is 0 Å². The Bertz CT molecular complexity index is 904. The van der Waals surface area contributed by atoms with E-state index >= 15 is 0 Å². The highest BCUT2D eigenvalue weighted by molar-refractivity contribution is 8.13. The zero-order chi connectivity index (χ0) is 24.4. The van der Waals surface area contributed by atoms with Crippen LogP contribution in [-0.2, 0) is 4.79 Å². The Balaban J connectivity index is 2.19. The normalized spacial score (nSPS) is 17.9. The van der Waals surface area contributed by atoms with E-state index < -0.39 is 0 Å². The number of hydrogen-bond donors (Lipinski definition) is 3. The van der Waals surface area contributed by atoms with Gasteiger partial charge in [-0.25, -0.2) is 4.99 Å². The minimum absolute atomic E-state index is 0.0742. The Hall–Kier alpha value is -2.65. The van der Waals surface area contributed by atoms with Crippen molar-refractivity contribution >= 4 is 34.5 Å². The van der Waals surface area contributed by atoms with Crippen molar-refractivity contribution in [3.05, 3.63) is 47.7 Å². The fourth-order valence-electron chi connectivity index (χ4n) is 3.17. The molecule has 0 saturated carbocycles. The number of piperidine rings is 1. The molecule has 0 spiro atoms. The van der Waals surface area contributed by atoms with Crippen LogP contribution in [0.1, 0.15) is 56.0 Å². The fourth-order valence-corrected chi connectivity index (χ4v) is 3.54. The second kappa shape index (κ2) is 12.6. The Morgan fingerprint density at radius 3 is 2.55 bits per heavy atom. The second-order valence-corrected chi connectivity index (χ2v) is 9.76. The zero-order valence-corrected chi connectivity index (χ0v) is 20.9. The number of likely N-dealkylation sites (tertiary alicyclic amines) is 1. The van der Waals surface area contributed by atoms with Gasteiger partial charge in [0.25, 0.3) is 11.8 Å². The molecule has 0 aromatic heterocycles. The number of carbonyl (C=O) groups excluding carboxylic acids is 2. The summed E-state index contributed by atoms with van der Waals surface area (Å²) in [5.41, 5.74) is 4.47. The first-order valence-corrected chi connectivity index (χ1v) is 12.3. The van der Waals surface area contributed by atoms with Gasteiger partial charge in [0.2, 0.25) is 0 Å². The third kappa shape index (κ3) is 8.66. The Morgan fingerprint density at radius 2 is 1.94 bits per heavy atom. The van der Waals surface area contributed by atoms with E-state index in [1.807, 2.05) is 46.1 Å². The number of aliphatic imine (C=N–C) groups is 1. The lowest BCUT2D eigenvalue weighted by Gasteiger charge is -2.34. The molecule has 0 radical (unpaired) electrons. The highest BCUT2D eigenvalue weighted by atomic mass is 32.2. The molecule has 180 valence electrons. The molecule has 0 aliphatic carbocycles.